The molecule has 1 fully saturated rings. The highest BCUT2D eigenvalue weighted by Gasteiger charge is 2.17. The van der Waals surface area contributed by atoms with Crippen LogP contribution < -0.4 is 0 Å². The zero-order chi connectivity index (χ0) is 8.39. The molecule has 0 aromatic rings. The summed E-state index contributed by atoms with van der Waals surface area (Å²) in [6.45, 7) is 2.10. The van der Waals surface area contributed by atoms with Crippen molar-refractivity contribution in [1.29, 1.82) is 0 Å². The molecule has 0 nitrogen and oxygen atoms in total. The lowest BCUT2D eigenvalue weighted by Gasteiger charge is -2.14. The maximum Gasteiger partial charge on any atom is -0.00129 e. The Bertz CT molecular complexity index is 253. The third-order valence-electron chi connectivity index (χ3n) is 2.80. The van der Waals surface area contributed by atoms with Crippen molar-refractivity contribution in [2.24, 2.45) is 5.92 Å². The topological polar surface area (TPSA) is 0 Å². The van der Waals surface area contributed by atoms with Gasteiger partial charge in [-0.2, -0.15) is 0 Å². The molecule has 1 atom stereocenters. The summed E-state index contributed by atoms with van der Waals surface area (Å²) in [5.41, 5.74) is 3.26. The summed E-state index contributed by atoms with van der Waals surface area (Å²) < 4.78 is 0. The Balaban J connectivity index is 2.15. The fourth-order valence-electron chi connectivity index (χ4n) is 2.20. The van der Waals surface area contributed by atoms with E-state index in [1.807, 2.05) is 0 Å². The first-order valence-electron chi connectivity index (χ1n) is 4.93. The molecule has 0 heterocycles. The van der Waals surface area contributed by atoms with E-state index in [4.69, 9.17) is 0 Å². The Hall–Kier alpha value is -0.780. The summed E-state index contributed by atoms with van der Waals surface area (Å²) in [5.74, 6) is 0.687. The quantitative estimate of drug-likeness (QED) is 0.514. The van der Waals surface area contributed by atoms with Crippen LogP contribution in [0.25, 0.3) is 0 Å². The van der Waals surface area contributed by atoms with Gasteiger partial charge in [0.25, 0.3) is 0 Å². The highest BCUT2D eigenvalue weighted by Crippen LogP contribution is 2.35. The summed E-state index contributed by atoms with van der Waals surface area (Å²) in [7, 11) is 0. The van der Waals surface area contributed by atoms with Gasteiger partial charge in [0.15, 0.2) is 0 Å². The van der Waals surface area contributed by atoms with E-state index in [2.05, 4.69) is 31.2 Å². The van der Waals surface area contributed by atoms with Gasteiger partial charge >= 0.3 is 0 Å². The molecule has 0 saturated heterocycles. The average Bonchev–Trinajstić information content (AvgIpc) is 2.51. The molecular weight excluding hydrogens is 144 g/mol. The van der Waals surface area contributed by atoms with Gasteiger partial charge in [-0.25, -0.2) is 0 Å². The molecule has 0 spiro atoms. The van der Waals surface area contributed by atoms with E-state index in [0.29, 0.717) is 5.92 Å². The summed E-state index contributed by atoms with van der Waals surface area (Å²) in [6, 6.07) is 0. The minimum Gasteiger partial charge on any atom is -0.0911 e. The van der Waals surface area contributed by atoms with Gasteiger partial charge in [-0.3, -0.25) is 0 Å². The molecule has 0 radical (unpaired) electrons. The summed E-state index contributed by atoms with van der Waals surface area (Å²) in [4.78, 5) is 0. The highest BCUT2D eigenvalue weighted by atomic mass is 14.2. The van der Waals surface area contributed by atoms with Crippen LogP contribution >= 0.6 is 0 Å². The Morgan fingerprint density at radius 1 is 1.33 bits per heavy atom. The Labute approximate surface area is 74.7 Å². The van der Waals surface area contributed by atoms with Crippen molar-refractivity contribution < 1.29 is 0 Å². The van der Waals surface area contributed by atoms with Crippen molar-refractivity contribution in [3.05, 3.63) is 35.5 Å². The molecule has 0 aromatic carbocycles. The van der Waals surface area contributed by atoms with Gasteiger partial charge in [0.2, 0.25) is 0 Å². The monoisotopic (exact) mass is 160 g/mol. The van der Waals surface area contributed by atoms with Crippen LogP contribution in [0.2, 0.25) is 0 Å². The fraction of sp³-hybridized carbons (Fsp3) is 0.500. The van der Waals surface area contributed by atoms with Crippen LogP contribution in [-0.2, 0) is 0 Å². The van der Waals surface area contributed by atoms with E-state index in [9.17, 15) is 0 Å². The van der Waals surface area contributed by atoms with E-state index in [1.54, 1.807) is 11.1 Å². The van der Waals surface area contributed by atoms with Crippen molar-refractivity contribution in [3.8, 4) is 0 Å². The first-order chi connectivity index (χ1) is 5.90. The minimum atomic E-state index is 0.687. The van der Waals surface area contributed by atoms with Crippen LogP contribution in [0.3, 0.4) is 0 Å². The molecule has 64 valence electrons. The van der Waals surface area contributed by atoms with Crippen LogP contribution in [0.1, 0.15) is 32.6 Å². The number of hydrogen-bond acceptors (Lipinski definition) is 0. The maximum atomic E-state index is 2.46. The lowest BCUT2D eigenvalue weighted by molar-refractivity contribution is 0.800. The molecule has 0 heteroatoms. The van der Waals surface area contributed by atoms with Crippen molar-refractivity contribution in [3.63, 3.8) is 0 Å². The average molecular weight is 160 g/mol. The minimum absolute atomic E-state index is 0.687. The summed E-state index contributed by atoms with van der Waals surface area (Å²) in [6.07, 6.45) is 14.6. The zero-order valence-corrected chi connectivity index (χ0v) is 7.72. The Kier molecular flexibility index (Phi) is 2.16. The van der Waals surface area contributed by atoms with Crippen molar-refractivity contribution in [2.75, 3.05) is 0 Å². The van der Waals surface area contributed by atoms with Gasteiger partial charge < -0.3 is 0 Å². The van der Waals surface area contributed by atoms with Crippen LogP contribution in [0.4, 0.5) is 0 Å². The summed E-state index contributed by atoms with van der Waals surface area (Å²) in [5, 5.41) is 0. The lowest BCUT2D eigenvalue weighted by Crippen LogP contribution is -1.98. The van der Waals surface area contributed by atoms with E-state index < -0.39 is 0 Å². The molecule has 1 unspecified atom stereocenters. The third-order valence-corrected chi connectivity index (χ3v) is 2.80. The fourth-order valence-corrected chi connectivity index (χ4v) is 2.20. The van der Waals surface area contributed by atoms with Crippen LogP contribution in [0, 0.1) is 5.92 Å². The van der Waals surface area contributed by atoms with Gasteiger partial charge in [-0.1, -0.05) is 24.3 Å². The van der Waals surface area contributed by atoms with E-state index in [-0.39, 0.29) is 0 Å². The van der Waals surface area contributed by atoms with Gasteiger partial charge in [0.1, 0.15) is 0 Å². The molecule has 0 bridgehead atoms. The standard InChI is InChI=1S/C12H16/c1-2-4-10-7-8-11-5-3-6-12(11)9-10/h2,4,8-10H,3,5-7H2,1H3/b4-2-. The number of hydrogen-bond donors (Lipinski definition) is 0. The molecule has 0 N–H and O–H groups in total. The molecular formula is C12H16. The Morgan fingerprint density at radius 3 is 3.00 bits per heavy atom. The number of fused-ring (bicyclic) bond motifs is 1. The highest BCUT2D eigenvalue weighted by molar-refractivity contribution is 5.39. The maximum absolute atomic E-state index is 2.46. The number of rotatable bonds is 1. The molecule has 1 saturated carbocycles. The third kappa shape index (κ3) is 1.38. The van der Waals surface area contributed by atoms with E-state index in [0.717, 1.165) is 0 Å². The van der Waals surface area contributed by atoms with Crippen molar-refractivity contribution in [2.45, 2.75) is 32.6 Å². The summed E-state index contributed by atoms with van der Waals surface area (Å²) >= 11 is 0. The van der Waals surface area contributed by atoms with Gasteiger partial charge in [-0.05, 0) is 49.7 Å². The van der Waals surface area contributed by atoms with Gasteiger partial charge in [0.05, 0.1) is 0 Å². The van der Waals surface area contributed by atoms with E-state index in [1.165, 1.54) is 25.7 Å². The van der Waals surface area contributed by atoms with Crippen LogP contribution in [0.15, 0.2) is 35.5 Å². The second-order valence-corrected chi connectivity index (χ2v) is 3.70. The number of allylic oxidation sites excluding steroid dienone is 6. The Morgan fingerprint density at radius 2 is 2.17 bits per heavy atom. The van der Waals surface area contributed by atoms with Crippen LogP contribution in [0.5, 0.6) is 0 Å². The second kappa shape index (κ2) is 3.30. The first-order valence-corrected chi connectivity index (χ1v) is 4.93. The predicted molar refractivity (Wildman–Crippen MR) is 52.9 cm³/mol. The molecule has 2 rings (SSSR count). The lowest BCUT2D eigenvalue weighted by atomic mass is 9.92. The van der Waals surface area contributed by atoms with Gasteiger partial charge in [0, 0.05) is 0 Å². The van der Waals surface area contributed by atoms with Crippen LogP contribution in [-0.4, -0.2) is 0 Å². The first kappa shape index (κ1) is 7.85. The largest absolute Gasteiger partial charge is 0.0911 e. The normalized spacial score (nSPS) is 28.6. The van der Waals surface area contributed by atoms with Crippen molar-refractivity contribution >= 4 is 0 Å². The zero-order valence-electron chi connectivity index (χ0n) is 7.72. The smallest absolute Gasteiger partial charge is 0.00129 e. The second-order valence-electron chi connectivity index (χ2n) is 3.70. The molecule has 12 heavy (non-hydrogen) atoms. The SMILES string of the molecule is C/C=C\C1C=C2CCCC2=CC1. The molecule has 0 amide bonds. The molecule has 2 aliphatic carbocycles. The van der Waals surface area contributed by atoms with E-state index >= 15 is 0 Å². The van der Waals surface area contributed by atoms with Crippen molar-refractivity contribution in [1.82, 2.24) is 0 Å². The predicted octanol–water partition coefficient (Wildman–Crippen LogP) is 3.62. The molecule has 2 aliphatic rings. The molecule has 0 aliphatic heterocycles. The van der Waals surface area contributed by atoms with Gasteiger partial charge in [-0.15, -0.1) is 0 Å². The molecule has 0 aromatic heterocycles.